The molecule has 0 N–H and O–H groups in total. The lowest BCUT2D eigenvalue weighted by atomic mass is 10.1. The highest BCUT2D eigenvalue weighted by atomic mass is 16.5. The normalized spacial score (nSPS) is 10.8. The summed E-state index contributed by atoms with van der Waals surface area (Å²) in [4.78, 5) is 4.91. The Bertz CT molecular complexity index is 940. The van der Waals surface area contributed by atoms with E-state index in [2.05, 4.69) is 22.6 Å². The van der Waals surface area contributed by atoms with Crippen molar-refractivity contribution in [2.24, 2.45) is 0 Å². The van der Waals surface area contributed by atoms with Crippen molar-refractivity contribution in [2.45, 2.75) is 0 Å². The predicted molar refractivity (Wildman–Crippen MR) is 92.6 cm³/mol. The van der Waals surface area contributed by atoms with Crippen molar-refractivity contribution in [1.82, 2.24) is 9.38 Å². The molecule has 2 aromatic heterocycles. The molecule has 0 saturated heterocycles. The molecular weight excluding hydrogens is 284 g/mol. The van der Waals surface area contributed by atoms with Crippen LogP contribution in [0, 0.1) is 0 Å². The lowest BCUT2D eigenvalue weighted by Gasteiger charge is -2.03. The fourth-order valence-corrected chi connectivity index (χ4v) is 2.79. The highest BCUT2D eigenvalue weighted by Crippen LogP contribution is 2.30. The summed E-state index contributed by atoms with van der Waals surface area (Å²) in [5.74, 6) is 1.78. The maximum Gasteiger partial charge on any atom is 0.145 e. The lowest BCUT2D eigenvalue weighted by molar-refractivity contribution is 0.415. The van der Waals surface area contributed by atoms with E-state index in [-0.39, 0.29) is 0 Å². The first-order valence-electron chi connectivity index (χ1n) is 7.54. The molecule has 3 nitrogen and oxygen atoms in total. The van der Waals surface area contributed by atoms with E-state index >= 15 is 0 Å². The van der Waals surface area contributed by atoms with Gasteiger partial charge in [0.05, 0.1) is 18.3 Å². The van der Waals surface area contributed by atoms with Crippen molar-refractivity contribution in [3.05, 3.63) is 79.0 Å². The Morgan fingerprint density at radius 2 is 1.52 bits per heavy atom. The third-order valence-corrected chi connectivity index (χ3v) is 3.94. The zero-order valence-corrected chi connectivity index (χ0v) is 12.8. The van der Waals surface area contributed by atoms with Gasteiger partial charge in [0.1, 0.15) is 11.6 Å². The van der Waals surface area contributed by atoms with Crippen LogP contribution in [-0.4, -0.2) is 16.5 Å². The molecule has 0 atom stereocenters. The van der Waals surface area contributed by atoms with Crippen LogP contribution in [0.3, 0.4) is 0 Å². The van der Waals surface area contributed by atoms with Crippen LogP contribution in [0.25, 0.3) is 28.2 Å². The van der Waals surface area contributed by atoms with E-state index < -0.39 is 0 Å². The van der Waals surface area contributed by atoms with E-state index in [1.54, 1.807) is 7.11 Å². The lowest BCUT2D eigenvalue weighted by Crippen LogP contribution is -1.89. The molecule has 0 spiro atoms. The van der Waals surface area contributed by atoms with Gasteiger partial charge in [-0.15, -0.1) is 0 Å². The molecule has 3 heteroatoms. The largest absolute Gasteiger partial charge is 0.497 e. The number of pyridine rings is 1. The van der Waals surface area contributed by atoms with Crippen molar-refractivity contribution < 1.29 is 4.74 Å². The van der Waals surface area contributed by atoms with Gasteiger partial charge in [0.15, 0.2) is 0 Å². The van der Waals surface area contributed by atoms with Gasteiger partial charge in [-0.25, -0.2) is 4.98 Å². The minimum absolute atomic E-state index is 0.845. The summed E-state index contributed by atoms with van der Waals surface area (Å²) in [6, 6.07) is 24.4. The molecule has 4 rings (SSSR count). The number of benzene rings is 2. The molecule has 0 aliphatic carbocycles. The summed E-state index contributed by atoms with van der Waals surface area (Å²) >= 11 is 0. The minimum Gasteiger partial charge on any atom is -0.497 e. The summed E-state index contributed by atoms with van der Waals surface area (Å²) in [6.45, 7) is 0. The average molecular weight is 300 g/mol. The molecule has 4 aromatic rings. The first-order valence-corrected chi connectivity index (χ1v) is 7.54. The Morgan fingerprint density at radius 3 is 2.26 bits per heavy atom. The van der Waals surface area contributed by atoms with Gasteiger partial charge in [0.2, 0.25) is 0 Å². The zero-order chi connectivity index (χ0) is 15.6. The number of ether oxygens (including phenoxy) is 1. The van der Waals surface area contributed by atoms with Gasteiger partial charge in [-0.1, -0.05) is 36.4 Å². The SMILES string of the molecule is COc1ccc(-c2nc(-c3ccccc3)c3ccccn23)cc1. The van der Waals surface area contributed by atoms with E-state index in [9.17, 15) is 0 Å². The maximum atomic E-state index is 5.24. The first kappa shape index (κ1) is 13.6. The Balaban J connectivity index is 1.93. The van der Waals surface area contributed by atoms with Gasteiger partial charge in [0.25, 0.3) is 0 Å². The quantitative estimate of drug-likeness (QED) is 0.549. The summed E-state index contributed by atoms with van der Waals surface area (Å²) in [6.07, 6.45) is 2.05. The van der Waals surface area contributed by atoms with Gasteiger partial charge in [-0.3, -0.25) is 4.40 Å². The van der Waals surface area contributed by atoms with Crippen LogP contribution in [0.5, 0.6) is 5.75 Å². The molecule has 0 aliphatic rings. The average Bonchev–Trinajstić information content (AvgIpc) is 3.02. The third-order valence-electron chi connectivity index (χ3n) is 3.94. The molecule has 0 radical (unpaired) electrons. The number of rotatable bonds is 3. The summed E-state index contributed by atoms with van der Waals surface area (Å²) in [7, 11) is 1.67. The first-order chi connectivity index (χ1) is 11.4. The summed E-state index contributed by atoms with van der Waals surface area (Å²) in [5, 5.41) is 0. The Morgan fingerprint density at radius 1 is 0.783 bits per heavy atom. The van der Waals surface area contributed by atoms with Crippen LogP contribution >= 0.6 is 0 Å². The van der Waals surface area contributed by atoms with Crippen LogP contribution in [-0.2, 0) is 0 Å². The minimum atomic E-state index is 0.845. The van der Waals surface area contributed by atoms with Crippen molar-refractivity contribution in [1.29, 1.82) is 0 Å². The number of nitrogens with zero attached hydrogens (tertiary/aromatic N) is 2. The molecule has 0 bridgehead atoms. The zero-order valence-electron chi connectivity index (χ0n) is 12.8. The monoisotopic (exact) mass is 300 g/mol. The molecule has 0 fully saturated rings. The van der Waals surface area contributed by atoms with Crippen LogP contribution in [0.15, 0.2) is 79.0 Å². The molecule has 23 heavy (non-hydrogen) atoms. The molecule has 0 unspecified atom stereocenters. The van der Waals surface area contributed by atoms with Gasteiger partial charge < -0.3 is 4.74 Å². The molecule has 0 aliphatic heterocycles. The third kappa shape index (κ3) is 2.36. The van der Waals surface area contributed by atoms with Gasteiger partial charge in [-0.2, -0.15) is 0 Å². The number of hydrogen-bond acceptors (Lipinski definition) is 2. The molecule has 0 amide bonds. The number of imidazole rings is 1. The number of methoxy groups -OCH3 is 1. The standard InChI is InChI=1S/C20H16N2O/c1-23-17-12-10-16(11-13-17)20-21-19(15-7-3-2-4-8-15)18-9-5-6-14-22(18)20/h2-14H,1H3. The van der Waals surface area contributed by atoms with E-state index in [4.69, 9.17) is 9.72 Å². The second kappa shape index (κ2) is 5.61. The smallest absolute Gasteiger partial charge is 0.145 e. The topological polar surface area (TPSA) is 26.5 Å². The highest BCUT2D eigenvalue weighted by Gasteiger charge is 2.13. The summed E-state index contributed by atoms with van der Waals surface area (Å²) in [5.41, 5.74) is 4.28. The number of aromatic nitrogens is 2. The summed E-state index contributed by atoms with van der Waals surface area (Å²) < 4.78 is 7.37. The van der Waals surface area contributed by atoms with Gasteiger partial charge in [0, 0.05) is 17.3 Å². The van der Waals surface area contributed by atoms with Crippen LogP contribution in [0.1, 0.15) is 0 Å². The van der Waals surface area contributed by atoms with Crippen molar-refractivity contribution in [3.63, 3.8) is 0 Å². The van der Waals surface area contributed by atoms with Crippen molar-refractivity contribution in [2.75, 3.05) is 7.11 Å². The van der Waals surface area contributed by atoms with Crippen molar-refractivity contribution in [3.8, 4) is 28.4 Å². The molecule has 0 saturated carbocycles. The Kier molecular flexibility index (Phi) is 3.31. The fraction of sp³-hybridized carbons (Fsp3) is 0.0500. The Labute approximate surface area is 134 Å². The Hall–Kier alpha value is -3.07. The van der Waals surface area contributed by atoms with Gasteiger partial charge in [-0.05, 0) is 36.4 Å². The molecular formula is C20H16N2O. The molecule has 2 heterocycles. The van der Waals surface area contributed by atoms with Crippen LogP contribution < -0.4 is 4.74 Å². The highest BCUT2D eigenvalue weighted by molar-refractivity contribution is 5.81. The van der Waals surface area contributed by atoms with E-state index in [0.717, 1.165) is 33.9 Å². The molecule has 112 valence electrons. The van der Waals surface area contributed by atoms with Crippen LogP contribution in [0.2, 0.25) is 0 Å². The van der Waals surface area contributed by atoms with E-state index in [1.165, 1.54) is 0 Å². The van der Waals surface area contributed by atoms with E-state index in [0.29, 0.717) is 0 Å². The van der Waals surface area contributed by atoms with Gasteiger partial charge >= 0.3 is 0 Å². The van der Waals surface area contributed by atoms with Crippen molar-refractivity contribution >= 4 is 5.52 Å². The second-order valence-electron chi connectivity index (χ2n) is 5.33. The van der Waals surface area contributed by atoms with E-state index in [1.807, 2.05) is 60.8 Å². The predicted octanol–water partition coefficient (Wildman–Crippen LogP) is 4.68. The van der Waals surface area contributed by atoms with Crippen LogP contribution in [0.4, 0.5) is 0 Å². The number of hydrogen-bond donors (Lipinski definition) is 0. The maximum absolute atomic E-state index is 5.24. The molecule has 2 aromatic carbocycles. The second-order valence-corrected chi connectivity index (χ2v) is 5.33. The fourth-order valence-electron chi connectivity index (χ4n) is 2.79. The number of fused-ring (bicyclic) bond motifs is 1.